The minimum absolute atomic E-state index is 0.659. The summed E-state index contributed by atoms with van der Waals surface area (Å²) in [7, 11) is 0. The fraction of sp³-hybridized carbons (Fsp3) is 0.500. The van der Waals surface area contributed by atoms with Gasteiger partial charge >= 0.3 is 0 Å². The van der Waals surface area contributed by atoms with E-state index in [9.17, 15) is 5.11 Å². The van der Waals surface area contributed by atoms with E-state index >= 15 is 0 Å². The predicted molar refractivity (Wildman–Crippen MR) is 60.9 cm³/mol. The number of hydrogen-bond acceptors (Lipinski definition) is 1. The Morgan fingerprint density at radius 3 is 2.00 bits per heavy atom. The van der Waals surface area contributed by atoms with Crippen LogP contribution in [-0.4, -0.2) is 10.7 Å². The number of hydrogen-bond donors (Lipinski definition) is 1. The van der Waals surface area contributed by atoms with Gasteiger partial charge in [0, 0.05) is 11.4 Å². The zero-order valence-electron chi connectivity index (χ0n) is 9.19. The molecule has 0 atom stereocenters. The van der Waals surface area contributed by atoms with Gasteiger partial charge in [0.15, 0.2) is 0 Å². The third kappa shape index (κ3) is 3.00. The van der Waals surface area contributed by atoms with Crippen molar-refractivity contribution in [2.24, 2.45) is 0 Å². The molecule has 1 nitrogen and oxygen atoms in total. The summed E-state index contributed by atoms with van der Waals surface area (Å²) < 4.78 is 0. The summed E-state index contributed by atoms with van der Waals surface area (Å²) in [5.41, 5.74) is 2.63. The molecule has 0 aliphatic heterocycles. The second kappa shape index (κ2) is 3.92. The first kappa shape index (κ1) is 11.5. The van der Waals surface area contributed by atoms with Crippen molar-refractivity contribution in [2.45, 2.75) is 39.7 Å². The molecule has 1 rings (SSSR count). The van der Waals surface area contributed by atoms with E-state index in [1.807, 2.05) is 39.8 Å². The maximum absolute atomic E-state index is 9.69. The lowest BCUT2D eigenvalue weighted by Gasteiger charge is -2.18. The molecule has 14 heavy (non-hydrogen) atoms. The zero-order valence-corrected chi connectivity index (χ0v) is 9.94. The van der Waals surface area contributed by atoms with Crippen LogP contribution in [-0.2, 0) is 6.42 Å². The summed E-state index contributed by atoms with van der Waals surface area (Å²) in [6.45, 7) is 7.60. The van der Waals surface area contributed by atoms with Crippen molar-refractivity contribution < 1.29 is 5.11 Å². The molecule has 2 heteroatoms. The van der Waals surface area contributed by atoms with Crippen molar-refractivity contribution in [3.8, 4) is 0 Å². The van der Waals surface area contributed by atoms with Crippen molar-refractivity contribution in [2.75, 3.05) is 0 Å². The standard InChI is InChI=1S/C12H17ClO/c1-8-5-10(7-12(3,4)14)6-9(2)11(8)13/h5-6,14H,7H2,1-4H3. The summed E-state index contributed by atoms with van der Waals surface area (Å²) in [6.07, 6.45) is 0.659. The van der Waals surface area contributed by atoms with Gasteiger partial charge in [-0.05, 0) is 44.4 Å². The lowest BCUT2D eigenvalue weighted by atomic mass is 9.96. The van der Waals surface area contributed by atoms with E-state index in [-0.39, 0.29) is 0 Å². The number of benzene rings is 1. The second-order valence-corrected chi connectivity index (χ2v) is 4.91. The van der Waals surface area contributed by atoms with Gasteiger partial charge in [-0.3, -0.25) is 0 Å². The van der Waals surface area contributed by atoms with Crippen LogP contribution in [0, 0.1) is 13.8 Å². The van der Waals surface area contributed by atoms with Crippen LogP contribution in [0.15, 0.2) is 12.1 Å². The zero-order chi connectivity index (χ0) is 10.9. The highest BCUT2D eigenvalue weighted by Crippen LogP contribution is 2.23. The van der Waals surface area contributed by atoms with E-state index in [4.69, 9.17) is 11.6 Å². The molecule has 0 unspecified atom stereocenters. The molecule has 0 aliphatic rings. The molecule has 0 heterocycles. The first-order chi connectivity index (χ1) is 6.29. The Kier molecular flexibility index (Phi) is 3.23. The first-order valence-corrected chi connectivity index (χ1v) is 5.15. The van der Waals surface area contributed by atoms with Gasteiger partial charge in [0.25, 0.3) is 0 Å². The van der Waals surface area contributed by atoms with Crippen molar-refractivity contribution in [3.63, 3.8) is 0 Å². The van der Waals surface area contributed by atoms with Crippen molar-refractivity contribution in [3.05, 3.63) is 33.8 Å². The lowest BCUT2D eigenvalue weighted by molar-refractivity contribution is 0.0810. The Labute approximate surface area is 90.7 Å². The molecule has 1 aromatic rings. The van der Waals surface area contributed by atoms with Crippen LogP contribution >= 0.6 is 11.6 Å². The quantitative estimate of drug-likeness (QED) is 0.798. The van der Waals surface area contributed by atoms with Crippen LogP contribution in [0.2, 0.25) is 5.02 Å². The van der Waals surface area contributed by atoms with E-state index < -0.39 is 5.60 Å². The fourth-order valence-corrected chi connectivity index (χ4v) is 1.75. The van der Waals surface area contributed by atoms with Crippen molar-refractivity contribution in [1.82, 2.24) is 0 Å². The largest absolute Gasteiger partial charge is 0.390 e. The molecule has 0 saturated carbocycles. The van der Waals surface area contributed by atoms with Gasteiger partial charge in [0.1, 0.15) is 0 Å². The van der Waals surface area contributed by atoms with Crippen molar-refractivity contribution >= 4 is 11.6 Å². The Hall–Kier alpha value is -0.530. The molecule has 0 aliphatic carbocycles. The predicted octanol–water partition coefficient (Wildman–Crippen LogP) is 3.27. The van der Waals surface area contributed by atoms with Crippen LogP contribution in [0.4, 0.5) is 0 Å². The molecule has 0 bridgehead atoms. The average Bonchev–Trinajstić information content (AvgIpc) is 1.96. The lowest BCUT2D eigenvalue weighted by Crippen LogP contribution is -2.21. The fourth-order valence-electron chi connectivity index (χ4n) is 1.64. The summed E-state index contributed by atoms with van der Waals surface area (Å²) in [4.78, 5) is 0. The molecule has 0 amide bonds. The average molecular weight is 213 g/mol. The van der Waals surface area contributed by atoms with Gasteiger partial charge in [-0.1, -0.05) is 23.7 Å². The highest BCUT2D eigenvalue weighted by Gasteiger charge is 2.14. The Bertz CT molecular complexity index is 314. The summed E-state index contributed by atoms with van der Waals surface area (Å²) >= 11 is 6.06. The summed E-state index contributed by atoms with van der Waals surface area (Å²) in [5, 5.41) is 10.5. The van der Waals surface area contributed by atoms with Crippen molar-refractivity contribution in [1.29, 1.82) is 0 Å². The first-order valence-electron chi connectivity index (χ1n) is 4.77. The Morgan fingerprint density at radius 2 is 1.64 bits per heavy atom. The normalized spacial score (nSPS) is 11.9. The molecule has 0 spiro atoms. The molecular weight excluding hydrogens is 196 g/mol. The molecule has 0 fully saturated rings. The Balaban J connectivity index is 3.02. The summed E-state index contributed by atoms with van der Waals surface area (Å²) in [6, 6.07) is 4.07. The van der Waals surface area contributed by atoms with Gasteiger partial charge in [0.2, 0.25) is 0 Å². The van der Waals surface area contributed by atoms with Gasteiger partial charge in [-0.15, -0.1) is 0 Å². The van der Waals surface area contributed by atoms with E-state index in [1.165, 1.54) is 0 Å². The molecule has 0 aromatic heterocycles. The third-order valence-electron chi connectivity index (χ3n) is 2.13. The van der Waals surface area contributed by atoms with Gasteiger partial charge < -0.3 is 5.11 Å². The van der Waals surface area contributed by atoms with E-state index in [0.717, 1.165) is 21.7 Å². The Morgan fingerprint density at radius 1 is 1.21 bits per heavy atom. The molecule has 1 aromatic carbocycles. The van der Waals surface area contributed by atoms with Crippen LogP contribution in [0.25, 0.3) is 0 Å². The molecule has 0 saturated heterocycles. The molecule has 0 radical (unpaired) electrons. The van der Waals surface area contributed by atoms with Crippen LogP contribution in [0.3, 0.4) is 0 Å². The number of rotatable bonds is 2. The third-order valence-corrected chi connectivity index (χ3v) is 2.73. The van der Waals surface area contributed by atoms with Gasteiger partial charge in [-0.2, -0.15) is 0 Å². The van der Waals surface area contributed by atoms with Gasteiger partial charge in [-0.25, -0.2) is 0 Å². The highest BCUT2D eigenvalue weighted by atomic mass is 35.5. The van der Waals surface area contributed by atoms with Crippen LogP contribution < -0.4 is 0 Å². The highest BCUT2D eigenvalue weighted by molar-refractivity contribution is 6.32. The van der Waals surface area contributed by atoms with E-state index in [1.54, 1.807) is 0 Å². The van der Waals surface area contributed by atoms with E-state index in [2.05, 4.69) is 0 Å². The van der Waals surface area contributed by atoms with Crippen LogP contribution in [0.1, 0.15) is 30.5 Å². The van der Waals surface area contributed by atoms with Gasteiger partial charge in [0.05, 0.1) is 5.60 Å². The molecule has 1 N–H and O–H groups in total. The van der Waals surface area contributed by atoms with Crippen LogP contribution in [0.5, 0.6) is 0 Å². The number of aliphatic hydroxyl groups is 1. The van der Waals surface area contributed by atoms with E-state index in [0.29, 0.717) is 6.42 Å². The topological polar surface area (TPSA) is 20.2 Å². The smallest absolute Gasteiger partial charge is 0.0631 e. The maximum atomic E-state index is 9.69. The molecule has 78 valence electrons. The molecular formula is C12H17ClO. The minimum Gasteiger partial charge on any atom is -0.390 e. The SMILES string of the molecule is Cc1cc(CC(C)(C)O)cc(C)c1Cl. The number of aryl methyl sites for hydroxylation is 2. The monoisotopic (exact) mass is 212 g/mol. The second-order valence-electron chi connectivity index (χ2n) is 4.53. The maximum Gasteiger partial charge on any atom is 0.0631 e. The number of halogens is 1. The minimum atomic E-state index is -0.660. The summed E-state index contributed by atoms with van der Waals surface area (Å²) in [5.74, 6) is 0.